The van der Waals surface area contributed by atoms with Gasteiger partial charge in [-0.1, -0.05) is 41.4 Å². The quantitative estimate of drug-likeness (QED) is 0.925. The van der Waals surface area contributed by atoms with Gasteiger partial charge in [-0.3, -0.25) is 9.79 Å². The number of halogens is 2. The van der Waals surface area contributed by atoms with Gasteiger partial charge in [-0.05, 0) is 24.3 Å². The second-order valence-electron chi connectivity index (χ2n) is 5.08. The highest BCUT2D eigenvalue weighted by atomic mass is 35.5. The molecule has 0 aliphatic carbocycles. The second-order valence-corrected chi connectivity index (χ2v) is 5.92. The normalized spacial score (nSPS) is 14.3. The van der Waals surface area contributed by atoms with E-state index in [4.69, 9.17) is 23.2 Å². The molecule has 0 saturated carbocycles. The zero-order valence-corrected chi connectivity index (χ0v) is 13.7. The first-order chi connectivity index (χ1) is 11.1. The van der Waals surface area contributed by atoms with Crippen LogP contribution >= 0.6 is 23.2 Å². The smallest absolute Gasteiger partial charge is 0.248 e. The number of carbonyl (C=O) groups is 1. The molecular formula is C17H14Cl2N2O2. The van der Waals surface area contributed by atoms with Crippen molar-refractivity contribution in [3.63, 3.8) is 0 Å². The molecule has 1 heterocycles. The lowest BCUT2D eigenvalue weighted by molar-refractivity contribution is -0.117. The van der Waals surface area contributed by atoms with Gasteiger partial charge in [0.1, 0.15) is 6.54 Å². The Morgan fingerprint density at radius 2 is 1.91 bits per heavy atom. The Bertz CT molecular complexity index is 790. The van der Waals surface area contributed by atoms with Gasteiger partial charge in [0, 0.05) is 27.7 Å². The van der Waals surface area contributed by atoms with Crippen LogP contribution in [0.2, 0.25) is 10.0 Å². The lowest BCUT2D eigenvalue weighted by Crippen LogP contribution is -2.34. The maximum atomic E-state index is 12.4. The molecule has 4 nitrogen and oxygen atoms in total. The van der Waals surface area contributed by atoms with Gasteiger partial charge in [0.2, 0.25) is 5.91 Å². The van der Waals surface area contributed by atoms with Crippen molar-refractivity contribution in [2.75, 3.05) is 24.6 Å². The summed E-state index contributed by atoms with van der Waals surface area (Å²) in [6.45, 7) is 0.0703. The van der Waals surface area contributed by atoms with Gasteiger partial charge in [-0.15, -0.1) is 0 Å². The van der Waals surface area contributed by atoms with Gasteiger partial charge in [-0.2, -0.15) is 0 Å². The van der Waals surface area contributed by atoms with Gasteiger partial charge < -0.3 is 10.0 Å². The van der Waals surface area contributed by atoms with Crippen LogP contribution < -0.4 is 4.90 Å². The Morgan fingerprint density at radius 3 is 2.65 bits per heavy atom. The number of nitrogens with zero attached hydrogens (tertiary/aromatic N) is 2. The molecule has 0 atom stereocenters. The third kappa shape index (κ3) is 3.11. The number of aliphatic hydroxyl groups is 1. The fourth-order valence-corrected chi connectivity index (χ4v) is 3.01. The average molecular weight is 349 g/mol. The minimum atomic E-state index is -0.176. The molecule has 1 amide bonds. The number of hydrogen-bond donors (Lipinski definition) is 1. The summed E-state index contributed by atoms with van der Waals surface area (Å²) in [5, 5.41) is 10.4. The second kappa shape index (κ2) is 6.71. The number of aliphatic hydroxyl groups excluding tert-OH is 1. The first-order valence-electron chi connectivity index (χ1n) is 7.12. The Morgan fingerprint density at radius 1 is 1.13 bits per heavy atom. The molecule has 6 heteroatoms. The maximum absolute atomic E-state index is 12.4. The van der Waals surface area contributed by atoms with Crippen molar-refractivity contribution < 1.29 is 9.90 Å². The van der Waals surface area contributed by atoms with Crippen molar-refractivity contribution >= 4 is 40.5 Å². The van der Waals surface area contributed by atoms with Crippen molar-refractivity contribution in [2.45, 2.75) is 0 Å². The first kappa shape index (κ1) is 16.0. The lowest BCUT2D eigenvalue weighted by atomic mass is 10.00. The van der Waals surface area contributed by atoms with E-state index in [0.29, 0.717) is 21.4 Å². The molecule has 0 saturated heterocycles. The minimum Gasteiger partial charge on any atom is -0.395 e. The Balaban J connectivity index is 2.22. The Kier molecular flexibility index (Phi) is 4.66. The van der Waals surface area contributed by atoms with Gasteiger partial charge in [0.15, 0.2) is 0 Å². The number of β-amino-alcohol motifs (C(OH)–C–C–N with tert-alkyl or cyclic N) is 1. The van der Waals surface area contributed by atoms with E-state index >= 15 is 0 Å². The van der Waals surface area contributed by atoms with Crippen LogP contribution in [0.1, 0.15) is 11.1 Å². The van der Waals surface area contributed by atoms with Crippen LogP contribution in [0, 0.1) is 0 Å². The van der Waals surface area contributed by atoms with Crippen molar-refractivity contribution in [2.24, 2.45) is 4.99 Å². The van der Waals surface area contributed by atoms with Crippen LogP contribution in [0.3, 0.4) is 0 Å². The molecule has 1 aliphatic heterocycles. The number of aliphatic imine (C=N–C) groups is 1. The molecule has 0 aromatic heterocycles. The molecule has 1 N–H and O–H groups in total. The molecule has 0 radical (unpaired) electrons. The highest BCUT2D eigenvalue weighted by molar-refractivity contribution is 6.36. The molecule has 0 unspecified atom stereocenters. The monoisotopic (exact) mass is 348 g/mol. The van der Waals surface area contributed by atoms with E-state index in [9.17, 15) is 9.90 Å². The summed E-state index contributed by atoms with van der Waals surface area (Å²) in [4.78, 5) is 18.3. The maximum Gasteiger partial charge on any atom is 0.248 e. The summed E-state index contributed by atoms with van der Waals surface area (Å²) in [6.07, 6.45) is 0. The number of anilines is 1. The third-order valence-electron chi connectivity index (χ3n) is 3.63. The van der Waals surface area contributed by atoms with E-state index in [1.807, 2.05) is 18.2 Å². The van der Waals surface area contributed by atoms with Crippen LogP contribution in [0.25, 0.3) is 0 Å². The van der Waals surface area contributed by atoms with Crippen molar-refractivity contribution in [3.05, 3.63) is 63.6 Å². The number of fused-ring (bicyclic) bond motifs is 1. The summed E-state index contributed by atoms with van der Waals surface area (Å²) in [5.41, 5.74) is 2.77. The standard InChI is InChI=1S/C17H14Cl2N2O2/c18-11-5-6-15-13(9-11)17(12-3-1-2-4-14(12)19)20-10-16(23)21(15)7-8-22/h1-6,9,22H,7-8,10H2. The number of hydrogen-bond acceptors (Lipinski definition) is 3. The SMILES string of the molecule is O=C1CN=C(c2ccccc2Cl)c2cc(Cl)ccc2N1CCO. The average Bonchev–Trinajstić information content (AvgIpc) is 2.66. The molecular weight excluding hydrogens is 335 g/mol. The summed E-state index contributed by atoms with van der Waals surface area (Å²) >= 11 is 12.4. The molecule has 118 valence electrons. The number of benzodiazepines with no additional fused rings is 1. The van der Waals surface area contributed by atoms with Gasteiger partial charge in [0.25, 0.3) is 0 Å². The van der Waals surface area contributed by atoms with Gasteiger partial charge in [0.05, 0.1) is 18.0 Å². The van der Waals surface area contributed by atoms with Crippen LogP contribution in [0.5, 0.6) is 0 Å². The van der Waals surface area contributed by atoms with Gasteiger partial charge in [-0.25, -0.2) is 0 Å². The molecule has 0 fully saturated rings. The molecule has 23 heavy (non-hydrogen) atoms. The first-order valence-corrected chi connectivity index (χ1v) is 7.88. The summed E-state index contributed by atoms with van der Waals surface area (Å²) in [7, 11) is 0. The summed E-state index contributed by atoms with van der Waals surface area (Å²) in [6, 6.07) is 12.6. The van der Waals surface area contributed by atoms with Gasteiger partial charge >= 0.3 is 0 Å². The van der Waals surface area contributed by atoms with Crippen molar-refractivity contribution in [1.29, 1.82) is 0 Å². The fraction of sp³-hybridized carbons (Fsp3) is 0.176. The number of amides is 1. The number of carbonyl (C=O) groups excluding carboxylic acids is 1. The molecule has 2 aromatic rings. The lowest BCUT2D eigenvalue weighted by Gasteiger charge is -2.22. The zero-order chi connectivity index (χ0) is 16.4. The minimum absolute atomic E-state index is 0.00709. The van der Waals surface area contributed by atoms with Crippen molar-refractivity contribution in [1.82, 2.24) is 0 Å². The van der Waals surface area contributed by atoms with E-state index in [-0.39, 0.29) is 25.6 Å². The predicted molar refractivity (Wildman–Crippen MR) is 92.8 cm³/mol. The molecule has 3 rings (SSSR count). The zero-order valence-electron chi connectivity index (χ0n) is 12.2. The van der Waals surface area contributed by atoms with Crippen molar-refractivity contribution in [3.8, 4) is 0 Å². The highest BCUT2D eigenvalue weighted by Crippen LogP contribution is 2.31. The Labute approximate surface area is 144 Å². The largest absolute Gasteiger partial charge is 0.395 e. The summed E-state index contributed by atoms with van der Waals surface area (Å²) < 4.78 is 0. The topological polar surface area (TPSA) is 52.9 Å². The highest BCUT2D eigenvalue weighted by Gasteiger charge is 2.25. The van der Waals surface area contributed by atoms with E-state index in [1.54, 1.807) is 24.3 Å². The fourth-order valence-electron chi connectivity index (χ4n) is 2.61. The van der Waals surface area contributed by atoms with E-state index in [1.165, 1.54) is 4.90 Å². The molecule has 2 aromatic carbocycles. The van der Waals surface area contributed by atoms with E-state index < -0.39 is 0 Å². The summed E-state index contributed by atoms with van der Waals surface area (Å²) in [5.74, 6) is -0.176. The number of rotatable bonds is 3. The van der Waals surface area contributed by atoms with Crippen LogP contribution in [-0.2, 0) is 4.79 Å². The van der Waals surface area contributed by atoms with E-state index in [0.717, 1.165) is 11.1 Å². The molecule has 0 bridgehead atoms. The molecule has 1 aliphatic rings. The Hall–Kier alpha value is -1.88. The van der Waals surface area contributed by atoms with Crippen LogP contribution in [0.4, 0.5) is 5.69 Å². The van der Waals surface area contributed by atoms with Crippen LogP contribution in [-0.4, -0.2) is 36.4 Å². The van der Waals surface area contributed by atoms with E-state index in [2.05, 4.69) is 4.99 Å². The van der Waals surface area contributed by atoms with Crippen LogP contribution in [0.15, 0.2) is 47.5 Å². The molecule has 0 spiro atoms. The number of benzene rings is 2. The predicted octanol–water partition coefficient (Wildman–Crippen LogP) is 3.17. The third-order valence-corrected chi connectivity index (χ3v) is 4.20.